The van der Waals surface area contributed by atoms with Gasteiger partial charge in [-0.15, -0.1) is 0 Å². The smallest absolute Gasteiger partial charge is 0.227 e. The van der Waals surface area contributed by atoms with Crippen LogP contribution < -0.4 is 16.0 Å². The summed E-state index contributed by atoms with van der Waals surface area (Å²) in [5.41, 5.74) is 7.48. The van der Waals surface area contributed by atoms with Gasteiger partial charge in [-0.1, -0.05) is 24.1 Å². The molecule has 1 saturated carbocycles. The first-order valence-electron chi connectivity index (χ1n) is 8.33. The number of carbonyl (C=O) groups excluding carboxylic acids is 1. The number of rotatable bonds is 4. The molecule has 126 valence electrons. The van der Waals surface area contributed by atoms with Crippen LogP contribution in [0, 0.1) is 11.8 Å². The van der Waals surface area contributed by atoms with Crippen LogP contribution in [0.25, 0.3) is 0 Å². The Balaban J connectivity index is 1.79. The fourth-order valence-corrected chi connectivity index (χ4v) is 3.91. The number of hydrogen-bond donors (Lipinski definition) is 2. The summed E-state index contributed by atoms with van der Waals surface area (Å²) < 4.78 is 5.41. The summed E-state index contributed by atoms with van der Waals surface area (Å²) in [6.07, 6.45) is 3.04. The van der Waals surface area contributed by atoms with Crippen molar-refractivity contribution in [3.8, 4) is 0 Å². The van der Waals surface area contributed by atoms with E-state index in [-0.39, 0.29) is 11.8 Å². The van der Waals surface area contributed by atoms with E-state index in [0.29, 0.717) is 30.7 Å². The second kappa shape index (κ2) is 7.51. The maximum absolute atomic E-state index is 12.7. The third kappa shape index (κ3) is 3.62. The van der Waals surface area contributed by atoms with Crippen molar-refractivity contribution in [2.24, 2.45) is 17.6 Å². The lowest BCUT2D eigenvalue weighted by Crippen LogP contribution is -2.37. The number of nitrogens with two attached hydrogens (primary N) is 1. The van der Waals surface area contributed by atoms with Crippen LogP contribution >= 0.6 is 11.6 Å². The van der Waals surface area contributed by atoms with Crippen LogP contribution in [0.3, 0.4) is 0 Å². The van der Waals surface area contributed by atoms with Crippen LogP contribution in [0.1, 0.15) is 19.3 Å². The van der Waals surface area contributed by atoms with Crippen molar-refractivity contribution in [1.82, 2.24) is 0 Å². The Morgan fingerprint density at radius 1 is 1.35 bits per heavy atom. The number of nitrogens with zero attached hydrogens (tertiary/aromatic N) is 1. The van der Waals surface area contributed by atoms with Crippen LogP contribution in [-0.2, 0) is 9.53 Å². The second-order valence-corrected chi connectivity index (χ2v) is 6.67. The lowest BCUT2D eigenvalue weighted by Gasteiger charge is -2.31. The number of anilines is 2. The van der Waals surface area contributed by atoms with Crippen LogP contribution in [0.4, 0.5) is 11.4 Å². The Hall–Kier alpha value is -1.30. The standard InChI is InChI=1S/C17H24ClN3O2/c18-14-5-2-6-15(16(14)21-7-9-23-10-8-21)20-17(22)13-4-1-3-12(13)11-19/h2,5-6,12-13H,1,3-4,7-11,19H2,(H,20,22)/t12-,13-/m1/s1. The summed E-state index contributed by atoms with van der Waals surface area (Å²) in [6, 6.07) is 5.65. The molecule has 1 heterocycles. The number of para-hydroxylation sites is 1. The minimum absolute atomic E-state index is 0.0107. The van der Waals surface area contributed by atoms with Crippen molar-refractivity contribution in [2.45, 2.75) is 19.3 Å². The topological polar surface area (TPSA) is 67.6 Å². The molecular formula is C17H24ClN3O2. The molecule has 2 aliphatic rings. The molecule has 2 atom stereocenters. The SMILES string of the molecule is NC[C@H]1CCC[C@H]1C(=O)Nc1cccc(Cl)c1N1CCOCC1. The molecule has 1 amide bonds. The summed E-state index contributed by atoms with van der Waals surface area (Å²) in [7, 11) is 0. The third-order valence-electron chi connectivity index (χ3n) is 4.87. The van der Waals surface area contributed by atoms with Gasteiger partial charge < -0.3 is 20.7 Å². The van der Waals surface area contributed by atoms with Gasteiger partial charge in [0.15, 0.2) is 0 Å². The first kappa shape index (κ1) is 16.6. The summed E-state index contributed by atoms with van der Waals surface area (Å²) >= 11 is 6.41. The third-order valence-corrected chi connectivity index (χ3v) is 5.18. The van der Waals surface area contributed by atoms with Gasteiger partial charge in [0.05, 0.1) is 29.6 Å². The minimum Gasteiger partial charge on any atom is -0.378 e. The molecular weight excluding hydrogens is 314 g/mol. The Morgan fingerprint density at radius 2 is 2.13 bits per heavy atom. The molecule has 3 N–H and O–H groups in total. The van der Waals surface area contributed by atoms with E-state index in [1.54, 1.807) is 0 Å². The van der Waals surface area contributed by atoms with Crippen molar-refractivity contribution in [1.29, 1.82) is 0 Å². The fourth-order valence-electron chi connectivity index (χ4n) is 3.61. The first-order chi connectivity index (χ1) is 11.2. The van der Waals surface area contributed by atoms with Gasteiger partial charge in [-0.2, -0.15) is 0 Å². The normalized spacial score (nSPS) is 24.7. The van der Waals surface area contributed by atoms with Crippen LogP contribution in [-0.4, -0.2) is 38.8 Å². The highest BCUT2D eigenvalue weighted by atomic mass is 35.5. The Labute approximate surface area is 142 Å². The van der Waals surface area contributed by atoms with Gasteiger partial charge in [0, 0.05) is 19.0 Å². The van der Waals surface area contributed by atoms with Gasteiger partial charge >= 0.3 is 0 Å². The lowest BCUT2D eigenvalue weighted by molar-refractivity contribution is -0.120. The van der Waals surface area contributed by atoms with Crippen molar-refractivity contribution in [3.63, 3.8) is 0 Å². The Bertz CT molecular complexity index is 561. The summed E-state index contributed by atoms with van der Waals surface area (Å²) in [6.45, 7) is 3.49. The zero-order chi connectivity index (χ0) is 16.2. The maximum atomic E-state index is 12.7. The first-order valence-corrected chi connectivity index (χ1v) is 8.70. The van der Waals surface area contributed by atoms with E-state index in [0.717, 1.165) is 43.7 Å². The van der Waals surface area contributed by atoms with Crippen LogP contribution in [0.2, 0.25) is 5.02 Å². The Morgan fingerprint density at radius 3 is 2.87 bits per heavy atom. The monoisotopic (exact) mass is 337 g/mol. The Kier molecular flexibility index (Phi) is 5.41. The van der Waals surface area contributed by atoms with Crippen molar-refractivity contribution in [2.75, 3.05) is 43.1 Å². The molecule has 0 unspecified atom stereocenters. The largest absolute Gasteiger partial charge is 0.378 e. The molecule has 1 aromatic carbocycles. The van der Waals surface area contributed by atoms with Gasteiger partial charge in [0.2, 0.25) is 5.91 Å². The van der Waals surface area contributed by atoms with Crippen molar-refractivity contribution < 1.29 is 9.53 Å². The van der Waals surface area contributed by atoms with E-state index in [1.165, 1.54) is 0 Å². The number of hydrogen-bond acceptors (Lipinski definition) is 4. The quantitative estimate of drug-likeness (QED) is 0.885. The highest BCUT2D eigenvalue weighted by molar-refractivity contribution is 6.34. The van der Waals surface area contributed by atoms with Gasteiger partial charge in [-0.3, -0.25) is 4.79 Å². The molecule has 1 aliphatic carbocycles. The molecule has 5 nitrogen and oxygen atoms in total. The number of morpholine rings is 1. The average Bonchev–Trinajstić information content (AvgIpc) is 3.04. The molecule has 0 radical (unpaired) electrons. The van der Waals surface area contributed by atoms with Gasteiger partial charge in [0.1, 0.15) is 0 Å². The minimum atomic E-state index is 0.0107. The van der Waals surface area contributed by atoms with Crippen molar-refractivity contribution >= 4 is 28.9 Å². The molecule has 23 heavy (non-hydrogen) atoms. The molecule has 0 bridgehead atoms. The number of ether oxygens (including phenoxy) is 1. The number of benzene rings is 1. The summed E-state index contributed by atoms with van der Waals surface area (Å²) in [5, 5.41) is 3.75. The molecule has 1 saturated heterocycles. The molecule has 6 heteroatoms. The van der Waals surface area contributed by atoms with Gasteiger partial charge in [-0.25, -0.2) is 0 Å². The van der Waals surface area contributed by atoms with E-state index >= 15 is 0 Å². The highest BCUT2D eigenvalue weighted by Crippen LogP contribution is 2.36. The average molecular weight is 338 g/mol. The molecule has 1 aromatic rings. The molecule has 0 aromatic heterocycles. The van der Waals surface area contributed by atoms with E-state index in [1.807, 2.05) is 18.2 Å². The predicted molar refractivity (Wildman–Crippen MR) is 93.0 cm³/mol. The molecule has 2 fully saturated rings. The maximum Gasteiger partial charge on any atom is 0.227 e. The molecule has 0 spiro atoms. The number of carbonyl (C=O) groups is 1. The van der Waals surface area contributed by atoms with Crippen LogP contribution in [0.5, 0.6) is 0 Å². The second-order valence-electron chi connectivity index (χ2n) is 6.26. The number of halogens is 1. The molecule has 3 rings (SSSR count). The zero-order valence-corrected chi connectivity index (χ0v) is 14.0. The van der Waals surface area contributed by atoms with E-state index in [4.69, 9.17) is 22.1 Å². The zero-order valence-electron chi connectivity index (χ0n) is 13.3. The molecule has 1 aliphatic heterocycles. The van der Waals surface area contributed by atoms with E-state index < -0.39 is 0 Å². The summed E-state index contributed by atoms with van der Waals surface area (Å²) in [5.74, 6) is 0.368. The fraction of sp³-hybridized carbons (Fsp3) is 0.588. The van der Waals surface area contributed by atoms with Crippen molar-refractivity contribution in [3.05, 3.63) is 23.2 Å². The highest BCUT2D eigenvalue weighted by Gasteiger charge is 2.32. The van der Waals surface area contributed by atoms with E-state index in [2.05, 4.69) is 10.2 Å². The lowest BCUT2D eigenvalue weighted by atomic mass is 9.95. The number of amides is 1. The predicted octanol–water partition coefficient (Wildman–Crippen LogP) is 2.49. The van der Waals surface area contributed by atoms with Gasteiger partial charge in [0.25, 0.3) is 0 Å². The van der Waals surface area contributed by atoms with E-state index in [9.17, 15) is 4.79 Å². The summed E-state index contributed by atoms with van der Waals surface area (Å²) in [4.78, 5) is 14.9. The van der Waals surface area contributed by atoms with Crippen LogP contribution in [0.15, 0.2) is 18.2 Å². The number of nitrogens with one attached hydrogen (secondary N) is 1. The van der Waals surface area contributed by atoms with Gasteiger partial charge in [-0.05, 0) is 37.4 Å².